The molecule has 4 rings (SSSR count). The van der Waals surface area contributed by atoms with Crippen molar-refractivity contribution in [1.82, 2.24) is 15.1 Å². The fourth-order valence-electron chi connectivity index (χ4n) is 4.42. The largest absolute Gasteiger partial charge is 0.494 e. The van der Waals surface area contributed by atoms with E-state index in [0.717, 1.165) is 57.1 Å². The minimum atomic E-state index is 0.0942. The molecule has 2 aromatic carbocycles. The summed E-state index contributed by atoms with van der Waals surface area (Å²) < 4.78 is 13.4. The van der Waals surface area contributed by atoms with Gasteiger partial charge in [0, 0.05) is 43.5 Å². The predicted octanol–water partition coefficient (Wildman–Crippen LogP) is 4.48. The van der Waals surface area contributed by atoms with Crippen LogP contribution in [0.15, 0.2) is 60.8 Å². The van der Waals surface area contributed by atoms with Crippen LogP contribution in [-0.2, 0) is 23.2 Å². The lowest BCUT2D eigenvalue weighted by Crippen LogP contribution is -2.42. The Kier molecular flexibility index (Phi) is 7.05. The Bertz CT molecular complexity index is 945. The fourth-order valence-corrected chi connectivity index (χ4v) is 4.42. The van der Waals surface area contributed by atoms with Crippen molar-refractivity contribution in [3.63, 3.8) is 0 Å². The average Bonchev–Trinajstić information content (AvgIpc) is 3.14. The molecule has 1 aliphatic rings. The molecule has 1 saturated heterocycles. The van der Waals surface area contributed by atoms with E-state index in [1.54, 1.807) is 0 Å². The van der Waals surface area contributed by atoms with Gasteiger partial charge in [-0.2, -0.15) is 5.10 Å². The molecule has 0 atom stereocenters. The first-order valence-corrected chi connectivity index (χ1v) is 11.3. The number of nitrogens with one attached hydrogen (secondary N) is 1. The van der Waals surface area contributed by atoms with Crippen LogP contribution >= 0.6 is 0 Å². The molecule has 3 aromatic rings. The third-order valence-electron chi connectivity index (χ3n) is 6.24. The second-order valence-electron chi connectivity index (χ2n) is 8.38. The summed E-state index contributed by atoms with van der Waals surface area (Å²) in [5.41, 5.74) is 5.07. The van der Waals surface area contributed by atoms with Crippen molar-refractivity contribution in [2.24, 2.45) is 0 Å². The average molecular weight is 420 g/mol. The van der Waals surface area contributed by atoms with Crippen LogP contribution in [0.5, 0.6) is 5.75 Å². The summed E-state index contributed by atoms with van der Waals surface area (Å²) in [4.78, 5) is 0. The van der Waals surface area contributed by atoms with Gasteiger partial charge in [-0.05, 0) is 49.9 Å². The topological polar surface area (TPSA) is 48.3 Å². The molecular weight excluding hydrogens is 386 g/mol. The number of benzene rings is 2. The highest BCUT2D eigenvalue weighted by molar-refractivity contribution is 5.33. The van der Waals surface area contributed by atoms with Gasteiger partial charge in [-0.25, -0.2) is 0 Å². The molecule has 0 spiro atoms. The molecule has 1 fully saturated rings. The third kappa shape index (κ3) is 5.35. The van der Waals surface area contributed by atoms with Gasteiger partial charge < -0.3 is 14.8 Å². The van der Waals surface area contributed by atoms with E-state index in [1.165, 1.54) is 16.7 Å². The van der Waals surface area contributed by atoms with Gasteiger partial charge >= 0.3 is 0 Å². The molecule has 0 bridgehead atoms. The van der Waals surface area contributed by atoms with Gasteiger partial charge in [-0.15, -0.1) is 0 Å². The molecule has 31 heavy (non-hydrogen) atoms. The number of hydrogen-bond acceptors (Lipinski definition) is 4. The van der Waals surface area contributed by atoms with Crippen LogP contribution in [0.1, 0.15) is 42.1 Å². The quantitative estimate of drug-likeness (QED) is 0.556. The lowest BCUT2D eigenvalue weighted by atomic mass is 9.74. The van der Waals surface area contributed by atoms with Gasteiger partial charge in [0.1, 0.15) is 5.75 Å². The second-order valence-corrected chi connectivity index (χ2v) is 8.38. The highest BCUT2D eigenvalue weighted by atomic mass is 16.5. The molecule has 1 N–H and O–H groups in total. The van der Waals surface area contributed by atoms with Crippen molar-refractivity contribution in [2.75, 3.05) is 26.4 Å². The van der Waals surface area contributed by atoms with Crippen LogP contribution < -0.4 is 10.1 Å². The summed E-state index contributed by atoms with van der Waals surface area (Å²) in [6.07, 6.45) is 4.23. The summed E-state index contributed by atoms with van der Waals surface area (Å²) >= 11 is 0. The zero-order valence-corrected chi connectivity index (χ0v) is 18.6. The third-order valence-corrected chi connectivity index (χ3v) is 6.24. The van der Waals surface area contributed by atoms with Crippen LogP contribution in [0.4, 0.5) is 0 Å². The maximum absolute atomic E-state index is 5.69. The molecule has 1 aromatic heterocycles. The molecule has 0 amide bonds. The number of rotatable bonds is 9. The van der Waals surface area contributed by atoms with E-state index in [-0.39, 0.29) is 5.41 Å². The fraction of sp³-hybridized carbons (Fsp3) is 0.423. The summed E-state index contributed by atoms with van der Waals surface area (Å²) in [6.45, 7) is 8.96. The molecular formula is C26H33N3O2. The Morgan fingerprint density at radius 1 is 1.06 bits per heavy atom. The molecule has 5 nitrogen and oxygen atoms in total. The molecule has 2 heterocycles. The molecule has 0 unspecified atom stereocenters. The smallest absolute Gasteiger partial charge is 0.119 e. The van der Waals surface area contributed by atoms with Gasteiger partial charge in [-0.1, -0.05) is 42.5 Å². The Hall–Kier alpha value is -2.63. The zero-order valence-electron chi connectivity index (χ0n) is 18.6. The van der Waals surface area contributed by atoms with E-state index in [0.29, 0.717) is 6.61 Å². The van der Waals surface area contributed by atoms with Crippen molar-refractivity contribution in [2.45, 2.75) is 45.2 Å². The van der Waals surface area contributed by atoms with E-state index in [4.69, 9.17) is 14.6 Å². The minimum absolute atomic E-state index is 0.0942. The summed E-state index contributed by atoms with van der Waals surface area (Å²) in [6, 6.07) is 19.1. The van der Waals surface area contributed by atoms with Crippen molar-refractivity contribution >= 4 is 0 Å². The molecule has 164 valence electrons. The molecule has 0 saturated carbocycles. The van der Waals surface area contributed by atoms with E-state index in [1.807, 2.05) is 17.7 Å². The van der Waals surface area contributed by atoms with E-state index in [2.05, 4.69) is 67.0 Å². The van der Waals surface area contributed by atoms with E-state index in [9.17, 15) is 0 Å². The lowest BCUT2D eigenvalue weighted by Gasteiger charge is -2.38. The van der Waals surface area contributed by atoms with Crippen LogP contribution in [0, 0.1) is 6.92 Å². The van der Waals surface area contributed by atoms with Gasteiger partial charge in [0.05, 0.1) is 18.8 Å². The first-order valence-electron chi connectivity index (χ1n) is 11.3. The monoisotopic (exact) mass is 419 g/mol. The van der Waals surface area contributed by atoms with Crippen LogP contribution in [0.25, 0.3) is 0 Å². The van der Waals surface area contributed by atoms with Crippen LogP contribution in [0.2, 0.25) is 0 Å². The van der Waals surface area contributed by atoms with Crippen LogP contribution in [0.3, 0.4) is 0 Å². The van der Waals surface area contributed by atoms with E-state index >= 15 is 0 Å². The van der Waals surface area contributed by atoms with Crippen molar-refractivity contribution in [3.8, 4) is 5.75 Å². The first-order chi connectivity index (χ1) is 15.2. The van der Waals surface area contributed by atoms with Gasteiger partial charge in [-0.3, -0.25) is 4.68 Å². The Morgan fingerprint density at radius 2 is 1.81 bits per heavy atom. The van der Waals surface area contributed by atoms with Gasteiger partial charge in [0.15, 0.2) is 0 Å². The maximum Gasteiger partial charge on any atom is 0.119 e. The van der Waals surface area contributed by atoms with Crippen molar-refractivity contribution in [1.29, 1.82) is 0 Å². The molecule has 0 radical (unpaired) electrons. The Balaban J connectivity index is 1.41. The Morgan fingerprint density at radius 3 is 2.52 bits per heavy atom. The summed E-state index contributed by atoms with van der Waals surface area (Å²) in [5.74, 6) is 0.933. The normalized spacial score (nSPS) is 15.7. The number of hydrogen-bond donors (Lipinski definition) is 1. The van der Waals surface area contributed by atoms with Crippen molar-refractivity contribution < 1.29 is 9.47 Å². The summed E-state index contributed by atoms with van der Waals surface area (Å²) in [5, 5.41) is 8.45. The Labute approximate surface area is 185 Å². The highest BCUT2D eigenvalue weighted by Gasteiger charge is 2.34. The standard InChI is InChI=1S/C26H33N3O2/c1-3-31-25-11-9-24(10-12-25)26(13-15-30-16-14-26)20-27-17-23-19-29(28-21(23)2)18-22-7-5-4-6-8-22/h4-12,19,27H,3,13-18,20H2,1-2H3. The number of aryl methyl sites for hydroxylation is 1. The van der Waals surface area contributed by atoms with Crippen molar-refractivity contribution in [3.05, 3.63) is 83.2 Å². The number of ether oxygens (including phenoxy) is 2. The highest BCUT2D eigenvalue weighted by Crippen LogP contribution is 2.35. The second kappa shape index (κ2) is 10.1. The zero-order chi connectivity index (χ0) is 21.5. The summed E-state index contributed by atoms with van der Waals surface area (Å²) in [7, 11) is 0. The number of aromatic nitrogens is 2. The maximum atomic E-state index is 5.69. The minimum Gasteiger partial charge on any atom is -0.494 e. The predicted molar refractivity (Wildman–Crippen MR) is 124 cm³/mol. The molecule has 1 aliphatic heterocycles. The first kappa shape index (κ1) is 21.6. The van der Waals surface area contributed by atoms with Gasteiger partial charge in [0.2, 0.25) is 0 Å². The molecule has 0 aliphatic carbocycles. The SMILES string of the molecule is CCOc1ccc(C2(CNCc3cn(Cc4ccccc4)nc3C)CCOCC2)cc1. The van der Waals surface area contributed by atoms with Gasteiger partial charge in [0.25, 0.3) is 0 Å². The lowest BCUT2D eigenvalue weighted by molar-refractivity contribution is 0.0497. The van der Waals surface area contributed by atoms with E-state index < -0.39 is 0 Å². The van der Waals surface area contributed by atoms with Crippen LogP contribution in [-0.4, -0.2) is 36.1 Å². The number of nitrogens with zero attached hydrogens (tertiary/aromatic N) is 2. The molecule has 5 heteroatoms.